The summed E-state index contributed by atoms with van der Waals surface area (Å²) < 4.78 is 50.0. The number of nitrogens with two attached hydrogens (primary N) is 1. The minimum absolute atomic E-state index is 0.0332. The Morgan fingerprint density at radius 2 is 1.94 bits per heavy atom. The molecular formula is C10H9F4NO. The smallest absolute Gasteiger partial charge is 0.330 e. The van der Waals surface area contributed by atoms with E-state index in [0.717, 1.165) is 0 Å². The molecule has 0 amide bonds. The van der Waals surface area contributed by atoms with Gasteiger partial charge in [-0.2, -0.15) is 13.2 Å². The van der Waals surface area contributed by atoms with Gasteiger partial charge in [-0.15, -0.1) is 0 Å². The van der Waals surface area contributed by atoms with Crippen LogP contribution in [-0.4, -0.2) is 12.3 Å². The minimum atomic E-state index is -4.59. The lowest BCUT2D eigenvalue weighted by Crippen LogP contribution is -2.12. The Labute approximate surface area is 89.1 Å². The van der Waals surface area contributed by atoms with Gasteiger partial charge in [-0.1, -0.05) is 0 Å². The molecule has 0 spiro atoms. The Morgan fingerprint density at radius 3 is 2.44 bits per heavy atom. The predicted molar refractivity (Wildman–Crippen MR) is 49.4 cm³/mol. The van der Waals surface area contributed by atoms with Crippen LogP contribution in [0.2, 0.25) is 0 Å². The van der Waals surface area contributed by atoms with E-state index in [1.165, 1.54) is 0 Å². The number of carbonyl (C=O) groups is 1. The van der Waals surface area contributed by atoms with Crippen molar-refractivity contribution >= 4 is 5.78 Å². The second-order valence-electron chi connectivity index (χ2n) is 3.15. The molecule has 0 unspecified atom stereocenters. The monoisotopic (exact) mass is 235 g/mol. The Balaban J connectivity index is 3.14. The van der Waals surface area contributed by atoms with Crippen molar-refractivity contribution in [3.05, 3.63) is 35.1 Å². The van der Waals surface area contributed by atoms with Crippen molar-refractivity contribution in [1.82, 2.24) is 0 Å². The Bertz CT molecular complexity index is 400. The van der Waals surface area contributed by atoms with Crippen molar-refractivity contribution in [3.8, 4) is 0 Å². The van der Waals surface area contributed by atoms with Crippen LogP contribution in [0.15, 0.2) is 18.2 Å². The SMILES string of the molecule is NCCC(=O)c1cc(C(F)(F)F)ccc1F. The molecule has 0 aliphatic heterocycles. The summed E-state index contributed by atoms with van der Waals surface area (Å²) in [5.74, 6) is -1.70. The highest BCUT2D eigenvalue weighted by Gasteiger charge is 2.31. The van der Waals surface area contributed by atoms with Gasteiger partial charge in [-0.25, -0.2) is 4.39 Å². The van der Waals surface area contributed by atoms with Gasteiger partial charge in [0, 0.05) is 6.42 Å². The highest BCUT2D eigenvalue weighted by molar-refractivity contribution is 5.96. The summed E-state index contributed by atoms with van der Waals surface area (Å²) in [5, 5.41) is 0. The van der Waals surface area contributed by atoms with E-state index >= 15 is 0 Å². The Hall–Kier alpha value is -1.43. The van der Waals surface area contributed by atoms with Crippen LogP contribution in [0.5, 0.6) is 0 Å². The third kappa shape index (κ3) is 2.79. The van der Waals surface area contributed by atoms with Crippen LogP contribution in [0.3, 0.4) is 0 Å². The lowest BCUT2D eigenvalue weighted by molar-refractivity contribution is -0.137. The van der Waals surface area contributed by atoms with Crippen LogP contribution in [0, 0.1) is 5.82 Å². The average molecular weight is 235 g/mol. The Kier molecular flexibility index (Phi) is 3.64. The second-order valence-corrected chi connectivity index (χ2v) is 3.15. The molecule has 0 aromatic heterocycles. The van der Waals surface area contributed by atoms with Crippen LogP contribution in [0.1, 0.15) is 22.3 Å². The van der Waals surface area contributed by atoms with Crippen molar-refractivity contribution in [1.29, 1.82) is 0 Å². The topological polar surface area (TPSA) is 43.1 Å². The van der Waals surface area contributed by atoms with Gasteiger partial charge < -0.3 is 5.73 Å². The molecule has 0 fully saturated rings. The highest BCUT2D eigenvalue weighted by Crippen LogP contribution is 2.30. The van der Waals surface area contributed by atoms with Crippen LogP contribution in [0.4, 0.5) is 17.6 Å². The van der Waals surface area contributed by atoms with Gasteiger partial charge >= 0.3 is 6.18 Å². The zero-order chi connectivity index (χ0) is 12.3. The number of hydrogen-bond donors (Lipinski definition) is 1. The zero-order valence-electron chi connectivity index (χ0n) is 8.14. The second kappa shape index (κ2) is 4.61. The van der Waals surface area contributed by atoms with Crippen molar-refractivity contribution in [2.75, 3.05) is 6.54 Å². The van der Waals surface area contributed by atoms with Gasteiger partial charge in [-0.3, -0.25) is 4.79 Å². The molecule has 2 N–H and O–H groups in total. The number of rotatable bonds is 3. The lowest BCUT2D eigenvalue weighted by atomic mass is 10.0. The van der Waals surface area contributed by atoms with E-state index in [0.29, 0.717) is 18.2 Å². The van der Waals surface area contributed by atoms with Crippen LogP contribution < -0.4 is 5.73 Å². The molecule has 0 saturated carbocycles. The molecule has 0 bridgehead atoms. The number of Topliss-reactive ketones (excluding diaryl/α,β-unsaturated/α-hetero) is 1. The largest absolute Gasteiger partial charge is 0.416 e. The summed E-state index contributed by atoms with van der Waals surface area (Å²) in [4.78, 5) is 11.3. The standard InChI is InChI=1S/C10H9F4NO/c11-8-2-1-6(10(12,13)14)5-7(8)9(16)3-4-15/h1-2,5H,3-4,15H2. The van der Waals surface area contributed by atoms with Crippen LogP contribution in [-0.2, 0) is 6.18 Å². The first-order valence-electron chi connectivity index (χ1n) is 4.46. The maximum atomic E-state index is 13.1. The van der Waals surface area contributed by atoms with Crippen LogP contribution in [0.25, 0.3) is 0 Å². The first-order chi connectivity index (χ1) is 7.36. The molecule has 6 heteroatoms. The first-order valence-corrected chi connectivity index (χ1v) is 4.46. The first kappa shape index (κ1) is 12.6. The van der Waals surface area contributed by atoms with E-state index in [1.807, 2.05) is 0 Å². The van der Waals surface area contributed by atoms with Crippen LogP contribution >= 0.6 is 0 Å². The number of benzene rings is 1. The van der Waals surface area contributed by atoms with E-state index in [1.54, 1.807) is 0 Å². The maximum Gasteiger partial charge on any atom is 0.416 e. The van der Waals surface area contributed by atoms with E-state index in [4.69, 9.17) is 5.73 Å². The summed E-state index contributed by atoms with van der Waals surface area (Å²) in [6.45, 7) is -0.0332. The van der Waals surface area contributed by atoms with Gasteiger partial charge in [0.2, 0.25) is 0 Å². The summed E-state index contributed by atoms with van der Waals surface area (Å²) in [5.41, 5.74) is 3.46. The zero-order valence-corrected chi connectivity index (χ0v) is 8.14. The minimum Gasteiger partial charge on any atom is -0.330 e. The molecule has 0 radical (unpaired) electrons. The number of alkyl halides is 3. The fourth-order valence-electron chi connectivity index (χ4n) is 1.18. The van der Waals surface area contributed by atoms with Gasteiger partial charge in [0.1, 0.15) is 5.82 Å². The third-order valence-electron chi connectivity index (χ3n) is 1.97. The molecule has 88 valence electrons. The van der Waals surface area contributed by atoms with E-state index in [9.17, 15) is 22.4 Å². The van der Waals surface area contributed by atoms with E-state index in [-0.39, 0.29) is 13.0 Å². The normalized spacial score (nSPS) is 11.6. The molecule has 2 nitrogen and oxygen atoms in total. The highest BCUT2D eigenvalue weighted by atomic mass is 19.4. The van der Waals surface area contributed by atoms with Crippen molar-refractivity contribution in [2.24, 2.45) is 5.73 Å². The average Bonchev–Trinajstić information content (AvgIpc) is 2.16. The number of carbonyl (C=O) groups excluding carboxylic acids is 1. The maximum absolute atomic E-state index is 13.1. The van der Waals surface area contributed by atoms with Crippen molar-refractivity contribution < 1.29 is 22.4 Å². The van der Waals surface area contributed by atoms with Gasteiger partial charge in [0.05, 0.1) is 11.1 Å². The van der Waals surface area contributed by atoms with Gasteiger partial charge in [0.15, 0.2) is 5.78 Å². The molecule has 0 aliphatic carbocycles. The summed E-state index contributed by atoms with van der Waals surface area (Å²) in [7, 11) is 0. The van der Waals surface area contributed by atoms with E-state index in [2.05, 4.69) is 0 Å². The summed E-state index contributed by atoms with van der Waals surface area (Å²) in [6, 6.07) is 1.73. The number of ketones is 1. The van der Waals surface area contributed by atoms with Gasteiger partial charge in [-0.05, 0) is 24.7 Å². The third-order valence-corrected chi connectivity index (χ3v) is 1.97. The van der Waals surface area contributed by atoms with Gasteiger partial charge in [0.25, 0.3) is 0 Å². The fraction of sp³-hybridized carbons (Fsp3) is 0.300. The molecule has 0 saturated heterocycles. The Morgan fingerprint density at radius 1 is 1.31 bits per heavy atom. The molecule has 0 heterocycles. The summed E-state index contributed by atoms with van der Waals surface area (Å²) >= 11 is 0. The molecular weight excluding hydrogens is 226 g/mol. The van der Waals surface area contributed by atoms with E-state index < -0.39 is 28.9 Å². The number of hydrogen-bond acceptors (Lipinski definition) is 2. The number of halogens is 4. The van der Waals surface area contributed by atoms with Crippen molar-refractivity contribution in [2.45, 2.75) is 12.6 Å². The molecule has 1 aromatic carbocycles. The molecule has 0 atom stereocenters. The predicted octanol–water partition coefficient (Wildman–Crippen LogP) is 2.38. The molecule has 16 heavy (non-hydrogen) atoms. The molecule has 1 aromatic rings. The van der Waals surface area contributed by atoms with Crippen molar-refractivity contribution in [3.63, 3.8) is 0 Å². The summed E-state index contributed by atoms with van der Waals surface area (Å²) in [6.07, 6.45) is -4.77. The molecule has 0 aliphatic rings. The fourth-order valence-corrected chi connectivity index (χ4v) is 1.18. The quantitative estimate of drug-likeness (QED) is 0.645. The lowest BCUT2D eigenvalue weighted by Gasteiger charge is -2.08. The molecule has 1 rings (SSSR count).